The van der Waals surface area contributed by atoms with Crippen molar-refractivity contribution in [3.63, 3.8) is 0 Å². The van der Waals surface area contributed by atoms with Gasteiger partial charge in [-0.1, -0.05) is 27.5 Å². The molecule has 0 bridgehead atoms. The minimum atomic E-state index is -3.59. The van der Waals surface area contributed by atoms with Crippen molar-refractivity contribution in [3.05, 3.63) is 27.7 Å². The van der Waals surface area contributed by atoms with E-state index in [1.807, 2.05) is 0 Å². The minimum Gasteiger partial charge on any atom is -0.377 e. The van der Waals surface area contributed by atoms with Crippen molar-refractivity contribution in [2.24, 2.45) is 0 Å². The van der Waals surface area contributed by atoms with Crippen LogP contribution in [-0.2, 0) is 14.8 Å². The second-order valence-corrected chi connectivity index (χ2v) is 8.19. The van der Waals surface area contributed by atoms with Crippen LogP contribution in [0.15, 0.2) is 27.6 Å². The highest BCUT2D eigenvalue weighted by atomic mass is 79.9. The first-order valence-electron chi connectivity index (χ1n) is 6.44. The quantitative estimate of drug-likeness (QED) is 0.803. The lowest BCUT2D eigenvalue weighted by atomic mass is 10.1. The van der Waals surface area contributed by atoms with E-state index in [-0.39, 0.29) is 16.0 Å². The number of sulfonamides is 1. The van der Waals surface area contributed by atoms with E-state index in [0.717, 1.165) is 23.7 Å². The fraction of sp³-hybridized carbons (Fsp3) is 0.538. The summed E-state index contributed by atoms with van der Waals surface area (Å²) in [6.45, 7) is 1.06. The van der Waals surface area contributed by atoms with E-state index in [9.17, 15) is 8.42 Å². The summed E-state index contributed by atoms with van der Waals surface area (Å²) in [4.78, 5) is 0.126. The first-order chi connectivity index (χ1) is 9.41. The predicted octanol–water partition coefficient (Wildman–Crippen LogP) is 3.29. The highest BCUT2D eigenvalue weighted by Crippen LogP contribution is 2.27. The SMILES string of the molecule is CN(CC1CCCCO1)S(=O)(=O)c1ccc(Br)cc1Cl. The van der Waals surface area contributed by atoms with Crippen molar-refractivity contribution in [2.45, 2.75) is 30.3 Å². The van der Waals surface area contributed by atoms with Crippen molar-refractivity contribution in [3.8, 4) is 0 Å². The number of nitrogens with zero attached hydrogens (tertiary/aromatic N) is 1. The van der Waals surface area contributed by atoms with Crippen molar-refractivity contribution < 1.29 is 13.2 Å². The van der Waals surface area contributed by atoms with Gasteiger partial charge in [0.25, 0.3) is 0 Å². The molecule has 0 aromatic heterocycles. The molecule has 1 unspecified atom stereocenters. The second-order valence-electron chi connectivity index (χ2n) is 4.85. The van der Waals surface area contributed by atoms with Gasteiger partial charge in [-0.05, 0) is 37.5 Å². The number of benzene rings is 1. The van der Waals surface area contributed by atoms with Crippen molar-refractivity contribution in [1.29, 1.82) is 0 Å². The Morgan fingerprint density at radius 1 is 1.45 bits per heavy atom. The molecule has 4 nitrogen and oxygen atoms in total. The molecule has 0 aliphatic carbocycles. The molecule has 0 amide bonds. The van der Waals surface area contributed by atoms with Crippen LogP contribution >= 0.6 is 27.5 Å². The molecule has 0 radical (unpaired) electrons. The van der Waals surface area contributed by atoms with Gasteiger partial charge in [-0.2, -0.15) is 4.31 Å². The van der Waals surface area contributed by atoms with Crippen LogP contribution in [0.1, 0.15) is 19.3 Å². The number of likely N-dealkylation sites (N-methyl/N-ethyl adjacent to an activating group) is 1. The molecule has 0 saturated carbocycles. The summed E-state index contributed by atoms with van der Waals surface area (Å²) < 4.78 is 32.7. The van der Waals surface area contributed by atoms with Crippen LogP contribution in [-0.4, -0.2) is 39.0 Å². The average Bonchev–Trinajstić information content (AvgIpc) is 2.39. The van der Waals surface area contributed by atoms with Crippen molar-refractivity contribution in [2.75, 3.05) is 20.2 Å². The highest BCUT2D eigenvalue weighted by Gasteiger charge is 2.27. The zero-order valence-corrected chi connectivity index (χ0v) is 14.3. The van der Waals surface area contributed by atoms with Crippen LogP contribution in [0, 0.1) is 0 Å². The maximum absolute atomic E-state index is 12.5. The Bertz CT molecular complexity index is 573. The van der Waals surface area contributed by atoms with E-state index in [1.54, 1.807) is 19.2 Å². The summed E-state index contributed by atoms with van der Waals surface area (Å²) in [6, 6.07) is 4.77. The maximum Gasteiger partial charge on any atom is 0.244 e. The van der Waals surface area contributed by atoms with E-state index in [2.05, 4.69) is 15.9 Å². The van der Waals surface area contributed by atoms with Gasteiger partial charge in [0.05, 0.1) is 11.1 Å². The third-order valence-electron chi connectivity index (χ3n) is 3.32. The van der Waals surface area contributed by atoms with Gasteiger partial charge >= 0.3 is 0 Å². The molecule has 0 N–H and O–H groups in total. The number of rotatable bonds is 4. The molecule has 20 heavy (non-hydrogen) atoms. The van der Waals surface area contributed by atoms with Crippen LogP contribution in [0.25, 0.3) is 0 Å². The third-order valence-corrected chi connectivity index (χ3v) is 6.12. The molecule has 1 atom stereocenters. The van der Waals surface area contributed by atoms with E-state index >= 15 is 0 Å². The van der Waals surface area contributed by atoms with Gasteiger partial charge in [0.2, 0.25) is 10.0 Å². The van der Waals surface area contributed by atoms with Crippen molar-refractivity contribution in [1.82, 2.24) is 4.31 Å². The zero-order chi connectivity index (χ0) is 14.8. The number of hydrogen-bond acceptors (Lipinski definition) is 3. The molecule has 1 fully saturated rings. The molecule has 1 saturated heterocycles. The molecule has 7 heteroatoms. The van der Waals surface area contributed by atoms with E-state index < -0.39 is 10.0 Å². The van der Waals surface area contributed by atoms with Gasteiger partial charge in [-0.25, -0.2) is 8.42 Å². The Hall–Kier alpha value is -0.140. The van der Waals surface area contributed by atoms with Gasteiger partial charge < -0.3 is 4.74 Å². The Kier molecular flexibility index (Phi) is 5.48. The van der Waals surface area contributed by atoms with Gasteiger partial charge in [-0.3, -0.25) is 0 Å². The largest absolute Gasteiger partial charge is 0.377 e. The lowest BCUT2D eigenvalue weighted by Crippen LogP contribution is -2.37. The first-order valence-corrected chi connectivity index (χ1v) is 9.05. The van der Waals surface area contributed by atoms with Crippen LogP contribution in [0.3, 0.4) is 0 Å². The number of ether oxygens (including phenoxy) is 1. The summed E-state index contributed by atoms with van der Waals surface area (Å²) in [5.41, 5.74) is 0. The minimum absolute atomic E-state index is 0.0299. The maximum atomic E-state index is 12.5. The fourth-order valence-electron chi connectivity index (χ4n) is 2.19. The topological polar surface area (TPSA) is 46.6 Å². The summed E-state index contributed by atoms with van der Waals surface area (Å²) in [5.74, 6) is 0. The van der Waals surface area contributed by atoms with E-state index in [1.165, 1.54) is 10.4 Å². The van der Waals surface area contributed by atoms with Gasteiger partial charge in [0.1, 0.15) is 4.90 Å². The first kappa shape index (κ1) is 16.2. The van der Waals surface area contributed by atoms with Crippen LogP contribution in [0.2, 0.25) is 5.02 Å². The molecule has 1 heterocycles. The van der Waals surface area contributed by atoms with Crippen molar-refractivity contribution >= 4 is 37.6 Å². The lowest BCUT2D eigenvalue weighted by Gasteiger charge is -2.27. The Labute approximate surface area is 133 Å². The molecule has 112 valence electrons. The Morgan fingerprint density at radius 3 is 2.80 bits per heavy atom. The number of halogens is 2. The molecule has 2 rings (SSSR count). The van der Waals surface area contributed by atoms with Crippen LogP contribution < -0.4 is 0 Å². The molecule has 1 aliphatic heterocycles. The monoisotopic (exact) mass is 381 g/mol. The molecule has 0 spiro atoms. The Morgan fingerprint density at radius 2 is 2.20 bits per heavy atom. The summed E-state index contributed by atoms with van der Waals surface area (Å²) >= 11 is 9.30. The van der Waals surface area contributed by atoms with Gasteiger partial charge in [0.15, 0.2) is 0 Å². The smallest absolute Gasteiger partial charge is 0.244 e. The predicted molar refractivity (Wildman–Crippen MR) is 82.6 cm³/mol. The standard InChI is InChI=1S/C13H17BrClNO3S/c1-16(9-11-4-2-3-7-19-11)20(17,18)13-6-5-10(14)8-12(13)15/h5-6,8,11H,2-4,7,9H2,1H3. The summed E-state index contributed by atoms with van der Waals surface area (Å²) in [7, 11) is -2.02. The van der Waals surface area contributed by atoms with Gasteiger partial charge in [-0.15, -0.1) is 0 Å². The Balaban J connectivity index is 2.16. The lowest BCUT2D eigenvalue weighted by molar-refractivity contribution is 0.00858. The van der Waals surface area contributed by atoms with E-state index in [0.29, 0.717) is 13.2 Å². The summed E-state index contributed by atoms with van der Waals surface area (Å²) in [5, 5.41) is 0.218. The van der Waals surface area contributed by atoms with Crippen LogP contribution in [0.5, 0.6) is 0 Å². The molecule has 1 aromatic rings. The normalized spacial score (nSPS) is 20.3. The number of hydrogen-bond donors (Lipinski definition) is 0. The molecular formula is C13H17BrClNO3S. The van der Waals surface area contributed by atoms with Gasteiger partial charge in [0, 0.05) is 24.7 Å². The summed E-state index contributed by atoms with van der Waals surface area (Å²) in [6.07, 6.45) is 2.99. The molecule has 1 aromatic carbocycles. The highest BCUT2D eigenvalue weighted by molar-refractivity contribution is 9.10. The third kappa shape index (κ3) is 3.74. The average molecular weight is 383 g/mol. The molecular weight excluding hydrogens is 366 g/mol. The van der Waals surface area contributed by atoms with Crippen LogP contribution in [0.4, 0.5) is 0 Å². The van der Waals surface area contributed by atoms with E-state index in [4.69, 9.17) is 16.3 Å². The zero-order valence-electron chi connectivity index (χ0n) is 11.2. The molecule has 1 aliphatic rings. The second kappa shape index (κ2) is 6.75. The fourth-order valence-corrected chi connectivity index (χ4v) is 4.40.